The van der Waals surface area contributed by atoms with E-state index in [1.54, 1.807) is 18.2 Å². The zero-order valence-corrected chi connectivity index (χ0v) is 14.9. The molecule has 1 aromatic carbocycles. The van der Waals surface area contributed by atoms with Crippen LogP contribution in [0.15, 0.2) is 33.8 Å². The maximum atomic E-state index is 12.4. The van der Waals surface area contributed by atoms with Crippen LogP contribution in [0.4, 0.5) is 0 Å². The van der Waals surface area contributed by atoms with Gasteiger partial charge in [0.05, 0.1) is 17.2 Å². The van der Waals surface area contributed by atoms with E-state index in [1.165, 1.54) is 10.9 Å². The number of aliphatic carboxylic acids is 1. The Hall–Kier alpha value is -2.22. The monoisotopic (exact) mass is 395 g/mol. The molecule has 24 heavy (non-hydrogen) atoms. The van der Waals surface area contributed by atoms with E-state index in [-0.39, 0.29) is 18.0 Å². The van der Waals surface area contributed by atoms with Crippen molar-refractivity contribution in [1.29, 1.82) is 0 Å². The Balaban J connectivity index is 2.19. The van der Waals surface area contributed by atoms with Crippen LogP contribution in [0.5, 0.6) is 0 Å². The van der Waals surface area contributed by atoms with E-state index in [1.807, 2.05) is 13.8 Å². The SMILES string of the molecule is CC(C)C[C@H](NC(=O)Cn1cnc2ccc(Br)cc2c1=O)C(=O)O. The topological polar surface area (TPSA) is 101 Å². The summed E-state index contributed by atoms with van der Waals surface area (Å²) in [6.07, 6.45) is 1.61. The maximum Gasteiger partial charge on any atom is 0.326 e. The van der Waals surface area contributed by atoms with Crippen LogP contribution in [0.3, 0.4) is 0 Å². The second-order valence-electron chi connectivity index (χ2n) is 5.93. The first-order valence-electron chi connectivity index (χ1n) is 7.44. The lowest BCUT2D eigenvalue weighted by Crippen LogP contribution is -2.44. The zero-order chi connectivity index (χ0) is 17.9. The zero-order valence-electron chi connectivity index (χ0n) is 13.3. The predicted molar refractivity (Wildman–Crippen MR) is 92.7 cm³/mol. The van der Waals surface area contributed by atoms with Crippen LogP contribution < -0.4 is 10.9 Å². The highest BCUT2D eigenvalue weighted by Gasteiger charge is 2.21. The van der Waals surface area contributed by atoms with Crippen molar-refractivity contribution in [1.82, 2.24) is 14.9 Å². The number of nitrogens with zero attached hydrogens (tertiary/aromatic N) is 2. The fourth-order valence-electron chi connectivity index (χ4n) is 2.33. The molecule has 7 nitrogen and oxygen atoms in total. The lowest BCUT2D eigenvalue weighted by Gasteiger charge is -2.16. The minimum atomic E-state index is -1.09. The Morgan fingerprint density at radius 1 is 1.38 bits per heavy atom. The molecule has 2 aromatic rings. The van der Waals surface area contributed by atoms with Gasteiger partial charge in [-0.05, 0) is 30.5 Å². The average molecular weight is 396 g/mol. The lowest BCUT2D eigenvalue weighted by molar-refractivity contribution is -0.142. The van der Waals surface area contributed by atoms with E-state index in [4.69, 9.17) is 5.11 Å². The van der Waals surface area contributed by atoms with E-state index in [0.717, 1.165) is 4.47 Å². The second kappa shape index (κ2) is 7.57. The smallest absolute Gasteiger partial charge is 0.326 e. The fourth-order valence-corrected chi connectivity index (χ4v) is 2.69. The standard InChI is InChI=1S/C16H18BrN3O4/c1-9(2)5-13(16(23)24)19-14(21)7-20-8-18-12-4-3-10(17)6-11(12)15(20)22/h3-4,6,8-9,13H,5,7H2,1-2H3,(H,19,21)(H,23,24)/t13-/m0/s1. The summed E-state index contributed by atoms with van der Waals surface area (Å²) in [6.45, 7) is 3.46. The molecule has 0 radical (unpaired) electrons. The van der Waals surface area contributed by atoms with Crippen LogP contribution in [-0.4, -0.2) is 32.6 Å². The highest BCUT2D eigenvalue weighted by molar-refractivity contribution is 9.10. The van der Waals surface area contributed by atoms with Gasteiger partial charge in [-0.15, -0.1) is 0 Å². The number of rotatable bonds is 6. The molecular weight excluding hydrogens is 378 g/mol. The van der Waals surface area contributed by atoms with Gasteiger partial charge < -0.3 is 10.4 Å². The van der Waals surface area contributed by atoms with Crippen molar-refractivity contribution < 1.29 is 14.7 Å². The van der Waals surface area contributed by atoms with Crippen molar-refractivity contribution >= 4 is 38.7 Å². The van der Waals surface area contributed by atoms with Gasteiger partial charge in [0.15, 0.2) is 0 Å². The molecule has 0 spiro atoms. The molecule has 1 aromatic heterocycles. The Morgan fingerprint density at radius 2 is 2.08 bits per heavy atom. The Bertz CT molecular complexity index is 832. The van der Waals surface area contributed by atoms with Gasteiger partial charge in [0, 0.05) is 4.47 Å². The van der Waals surface area contributed by atoms with E-state index in [2.05, 4.69) is 26.2 Å². The molecule has 128 valence electrons. The third-order valence-electron chi connectivity index (χ3n) is 3.44. The molecule has 0 aliphatic carbocycles. The molecule has 1 atom stereocenters. The molecule has 0 saturated carbocycles. The molecule has 1 heterocycles. The number of hydrogen-bond acceptors (Lipinski definition) is 4. The molecule has 0 saturated heterocycles. The van der Waals surface area contributed by atoms with Crippen molar-refractivity contribution in [3.8, 4) is 0 Å². The minimum absolute atomic E-state index is 0.119. The van der Waals surface area contributed by atoms with Gasteiger partial charge in [0.25, 0.3) is 5.56 Å². The first-order chi connectivity index (χ1) is 11.3. The summed E-state index contributed by atoms with van der Waals surface area (Å²) in [6, 6.07) is 4.14. The quantitative estimate of drug-likeness (QED) is 0.775. The molecule has 0 bridgehead atoms. The van der Waals surface area contributed by atoms with Gasteiger partial charge in [-0.25, -0.2) is 9.78 Å². The molecule has 0 aliphatic heterocycles. The van der Waals surface area contributed by atoms with Crippen molar-refractivity contribution in [3.05, 3.63) is 39.4 Å². The minimum Gasteiger partial charge on any atom is -0.480 e. The molecular formula is C16H18BrN3O4. The van der Waals surface area contributed by atoms with Gasteiger partial charge in [0.2, 0.25) is 5.91 Å². The number of carboxylic acids is 1. The maximum absolute atomic E-state index is 12.4. The molecule has 0 fully saturated rings. The third-order valence-corrected chi connectivity index (χ3v) is 3.93. The lowest BCUT2D eigenvalue weighted by atomic mass is 10.0. The van der Waals surface area contributed by atoms with Gasteiger partial charge in [-0.2, -0.15) is 0 Å². The third kappa shape index (κ3) is 4.41. The van der Waals surface area contributed by atoms with Crippen LogP contribution in [0, 0.1) is 5.92 Å². The fraction of sp³-hybridized carbons (Fsp3) is 0.375. The summed E-state index contributed by atoms with van der Waals surface area (Å²) in [5.41, 5.74) is 0.176. The number of carbonyl (C=O) groups is 2. The largest absolute Gasteiger partial charge is 0.480 e. The summed E-state index contributed by atoms with van der Waals surface area (Å²) in [7, 11) is 0. The molecule has 0 unspecified atom stereocenters. The van der Waals surface area contributed by atoms with Crippen LogP contribution in [0.25, 0.3) is 10.9 Å². The number of nitrogens with one attached hydrogen (secondary N) is 1. The van der Waals surface area contributed by atoms with E-state index in [9.17, 15) is 14.4 Å². The number of aromatic nitrogens is 2. The summed E-state index contributed by atoms with van der Waals surface area (Å²) in [5, 5.41) is 12.0. The average Bonchev–Trinajstić information content (AvgIpc) is 2.49. The number of halogens is 1. The van der Waals surface area contributed by atoms with Crippen molar-refractivity contribution in [2.45, 2.75) is 32.9 Å². The molecule has 0 aliphatic rings. The summed E-state index contributed by atoms with van der Waals surface area (Å²) in [5.74, 6) is -1.51. The summed E-state index contributed by atoms with van der Waals surface area (Å²) >= 11 is 3.29. The Morgan fingerprint density at radius 3 is 2.71 bits per heavy atom. The summed E-state index contributed by atoms with van der Waals surface area (Å²) in [4.78, 5) is 39.9. The first kappa shape index (κ1) is 18.1. The van der Waals surface area contributed by atoms with Crippen LogP contribution >= 0.6 is 15.9 Å². The normalized spacial score (nSPS) is 12.3. The van der Waals surface area contributed by atoms with Crippen LogP contribution in [-0.2, 0) is 16.1 Å². The number of carbonyl (C=O) groups excluding carboxylic acids is 1. The molecule has 2 N–H and O–H groups in total. The molecule has 2 rings (SSSR count). The molecule has 1 amide bonds. The van der Waals surface area contributed by atoms with Crippen molar-refractivity contribution in [3.63, 3.8) is 0 Å². The van der Waals surface area contributed by atoms with Crippen LogP contribution in [0.1, 0.15) is 20.3 Å². The van der Waals surface area contributed by atoms with Gasteiger partial charge >= 0.3 is 5.97 Å². The number of fused-ring (bicyclic) bond motifs is 1. The van der Waals surface area contributed by atoms with E-state index >= 15 is 0 Å². The molecule has 8 heteroatoms. The number of carboxylic acid groups (broad SMARTS) is 1. The Labute approximate surface area is 146 Å². The highest BCUT2D eigenvalue weighted by Crippen LogP contribution is 2.14. The van der Waals surface area contributed by atoms with Gasteiger partial charge in [0.1, 0.15) is 12.6 Å². The first-order valence-corrected chi connectivity index (χ1v) is 8.24. The highest BCUT2D eigenvalue weighted by atomic mass is 79.9. The number of hydrogen-bond donors (Lipinski definition) is 2. The van der Waals surface area contributed by atoms with Crippen molar-refractivity contribution in [2.24, 2.45) is 5.92 Å². The van der Waals surface area contributed by atoms with Crippen LogP contribution in [0.2, 0.25) is 0 Å². The predicted octanol–water partition coefficient (Wildman–Crippen LogP) is 1.77. The van der Waals surface area contributed by atoms with Crippen molar-refractivity contribution in [2.75, 3.05) is 0 Å². The van der Waals surface area contributed by atoms with Gasteiger partial charge in [-0.3, -0.25) is 14.2 Å². The number of amides is 1. The van der Waals surface area contributed by atoms with Gasteiger partial charge in [-0.1, -0.05) is 29.8 Å². The second-order valence-corrected chi connectivity index (χ2v) is 6.84. The van der Waals surface area contributed by atoms with E-state index < -0.39 is 17.9 Å². The Kier molecular flexibility index (Phi) is 5.71. The van der Waals surface area contributed by atoms with E-state index in [0.29, 0.717) is 17.3 Å². The summed E-state index contributed by atoms with van der Waals surface area (Å²) < 4.78 is 1.90. The number of benzene rings is 1.